The van der Waals surface area contributed by atoms with Crippen LogP contribution in [-0.4, -0.2) is 0 Å². The summed E-state index contributed by atoms with van der Waals surface area (Å²) in [6.07, 6.45) is 4.35. The molecule has 102 valence electrons. The van der Waals surface area contributed by atoms with Gasteiger partial charge in [-0.1, -0.05) is 0 Å². The van der Waals surface area contributed by atoms with Crippen molar-refractivity contribution in [2.24, 2.45) is 0 Å². The summed E-state index contributed by atoms with van der Waals surface area (Å²) >= 11 is 0. The third kappa shape index (κ3) is 1.49. The van der Waals surface area contributed by atoms with Crippen LogP contribution in [0.3, 0.4) is 0 Å². The third-order valence-electron chi connectivity index (χ3n) is 4.32. The zero-order valence-corrected chi connectivity index (χ0v) is 11.7. The first-order valence-corrected chi connectivity index (χ1v) is 7.13. The molecule has 0 bridgehead atoms. The first-order chi connectivity index (χ1) is 9.65. The number of hydrogen-bond donors (Lipinski definition) is 0. The normalized spacial score (nSPS) is 14.9. The highest BCUT2D eigenvalue weighted by Crippen LogP contribution is 2.38. The Morgan fingerprint density at radius 1 is 0.950 bits per heavy atom. The molecule has 0 aliphatic heterocycles. The van der Waals surface area contributed by atoms with Crippen LogP contribution in [0.1, 0.15) is 35.3 Å². The number of aryl methyl sites for hydroxylation is 4. The summed E-state index contributed by atoms with van der Waals surface area (Å²) in [4.78, 5) is 11.7. The molecule has 1 aliphatic carbocycles. The number of hydrogen-bond acceptors (Lipinski definition) is 3. The fourth-order valence-electron chi connectivity index (χ4n) is 3.35. The molecule has 2 aromatic heterocycles. The van der Waals surface area contributed by atoms with Gasteiger partial charge in [0.15, 0.2) is 0 Å². The molecule has 0 unspecified atom stereocenters. The molecule has 0 saturated carbocycles. The highest BCUT2D eigenvalue weighted by atomic mass is 16.4. The monoisotopic (exact) mass is 268 g/mol. The SMILES string of the molecule is Cc1cc(=O)oc2c1cc(C)c1oc3c(c12)CCCC3. The van der Waals surface area contributed by atoms with E-state index in [1.165, 1.54) is 18.4 Å². The molecule has 3 heteroatoms. The molecule has 0 saturated heterocycles. The molecule has 0 N–H and O–H groups in total. The van der Waals surface area contributed by atoms with Gasteiger partial charge in [-0.05, 0) is 50.3 Å². The van der Waals surface area contributed by atoms with Crippen LogP contribution in [-0.2, 0) is 12.8 Å². The van der Waals surface area contributed by atoms with E-state index in [9.17, 15) is 4.79 Å². The van der Waals surface area contributed by atoms with E-state index in [2.05, 4.69) is 13.0 Å². The van der Waals surface area contributed by atoms with Crippen LogP contribution in [0.25, 0.3) is 21.9 Å². The molecule has 4 rings (SSSR count). The van der Waals surface area contributed by atoms with Crippen molar-refractivity contribution in [2.45, 2.75) is 39.5 Å². The second-order valence-corrected chi connectivity index (χ2v) is 5.73. The minimum Gasteiger partial charge on any atom is -0.460 e. The first-order valence-electron chi connectivity index (χ1n) is 7.13. The average molecular weight is 268 g/mol. The summed E-state index contributed by atoms with van der Waals surface area (Å²) in [5.41, 5.74) is 4.62. The highest BCUT2D eigenvalue weighted by molar-refractivity contribution is 6.06. The molecule has 0 atom stereocenters. The van der Waals surface area contributed by atoms with Crippen LogP contribution < -0.4 is 5.63 Å². The molecular formula is C17H16O3. The second kappa shape index (κ2) is 3.98. The Labute approximate surface area is 116 Å². The van der Waals surface area contributed by atoms with E-state index >= 15 is 0 Å². The van der Waals surface area contributed by atoms with Gasteiger partial charge >= 0.3 is 5.63 Å². The zero-order valence-electron chi connectivity index (χ0n) is 11.7. The molecule has 0 spiro atoms. The summed E-state index contributed by atoms with van der Waals surface area (Å²) < 4.78 is 11.6. The topological polar surface area (TPSA) is 43.4 Å². The predicted molar refractivity (Wildman–Crippen MR) is 78.4 cm³/mol. The Balaban J connectivity index is 2.28. The smallest absolute Gasteiger partial charge is 0.336 e. The number of fused-ring (bicyclic) bond motifs is 5. The van der Waals surface area contributed by atoms with Crippen molar-refractivity contribution >= 4 is 21.9 Å². The molecular weight excluding hydrogens is 252 g/mol. The van der Waals surface area contributed by atoms with E-state index in [1.807, 2.05) is 6.92 Å². The fraction of sp³-hybridized carbons (Fsp3) is 0.353. The standard InChI is InChI=1S/C17H16O3/c1-9-8-14(18)20-17-12(9)7-10(2)16-15(17)11-5-3-4-6-13(11)19-16/h7-8H,3-6H2,1-2H3. The van der Waals surface area contributed by atoms with E-state index < -0.39 is 0 Å². The Bertz CT molecular complexity index is 896. The largest absolute Gasteiger partial charge is 0.460 e. The average Bonchev–Trinajstić information content (AvgIpc) is 2.81. The zero-order chi connectivity index (χ0) is 13.9. The van der Waals surface area contributed by atoms with Gasteiger partial charge in [-0.3, -0.25) is 0 Å². The lowest BCUT2D eigenvalue weighted by atomic mass is 9.94. The van der Waals surface area contributed by atoms with E-state index in [4.69, 9.17) is 8.83 Å². The molecule has 3 nitrogen and oxygen atoms in total. The van der Waals surface area contributed by atoms with Gasteiger partial charge in [-0.25, -0.2) is 4.79 Å². The van der Waals surface area contributed by atoms with E-state index in [1.54, 1.807) is 6.07 Å². The Morgan fingerprint density at radius 3 is 2.60 bits per heavy atom. The van der Waals surface area contributed by atoms with E-state index in [0.717, 1.165) is 46.1 Å². The van der Waals surface area contributed by atoms with Crippen molar-refractivity contribution < 1.29 is 8.83 Å². The summed E-state index contributed by atoms with van der Waals surface area (Å²) in [7, 11) is 0. The minimum atomic E-state index is -0.286. The summed E-state index contributed by atoms with van der Waals surface area (Å²) in [6, 6.07) is 3.62. The molecule has 0 radical (unpaired) electrons. The van der Waals surface area contributed by atoms with Crippen LogP contribution in [0.4, 0.5) is 0 Å². The van der Waals surface area contributed by atoms with Crippen LogP contribution in [0.2, 0.25) is 0 Å². The van der Waals surface area contributed by atoms with E-state index in [-0.39, 0.29) is 5.63 Å². The number of furan rings is 1. The van der Waals surface area contributed by atoms with Gasteiger partial charge in [-0.2, -0.15) is 0 Å². The van der Waals surface area contributed by atoms with Crippen LogP contribution >= 0.6 is 0 Å². The van der Waals surface area contributed by atoms with Gasteiger partial charge in [-0.15, -0.1) is 0 Å². The molecule has 1 aromatic carbocycles. The minimum absolute atomic E-state index is 0.286. The lowest BCUT2D eigenvalue weighted by molar-refractivity contribution is 0.505. The van der Waals surface area contributed by atoms with Crippen molar-refractivity contribution in [1.82, 2.24) is 0 Å². The van der Waals surface area contributed by atoms with Gasteiger partial charge < -0.3 is 8.83 Å². The van der Waals surface area contributed by atoms with Crippen molar-refractivity contribution in [3.8, 4) is 0 Å². The predicted octanol–water partition coefficient (Wildman–Crippen LogP) is 4.03. The fourth-order valence-corrected chi connectivity index (χ4v) is 3.35. The number of benzene rings is 1. The van der Waals surface area contributed by atoms with Crippen molar-refractivity contribution in [1.29, 1.82) is 0 Å². The van der Waals surface area contributed by atoms with Crippen molar-refractivity contribution in [3.63, 3.8) is 0 Å². The highest BCUT2D eigenvalue weighted by Gasteiger charge is 2.22. The quantitative estimate of drug-likeness (QED) is 0.578. The van der Waals surface area contributed by atoms with Gasteiger partial charge in [0.1, 0.15) is 16.9 Å². The van der Waals surface area contributed by atoms with Crippen molar-refractivity contribution in [3.05, 3.63) is 45.0 Å². The van der Waals surface area contributed by atoms with Crippen LogP contribution in [0.5, 0.6) is 0 Å². The van der Waals surface area contributed by atoms with Gasteiger partial charge in [0.2, 0.25) is 0 Å². The molecule has 20 heavy (non-hydrogen) atoms. The molecule has 0 fully saturated rings. The van der Waals surface area contributed by atoms with Crippen molar-refractivity contribution in [2.75, 3.05) is 0 Å². The lowest BCUT2D eigenvalue weighted by Crippen LogP contribution is -2.01. The van der Waals surface area contributed by atoms with Gasteiger partial charge in [0.05, 0.1) is 5.39 Å². The molecule has 2 heterocycles. The third-order valence-corrected chi connectivity index (χ3v) is 4.32. The van der Waals surface area contributed by atoms with Gasteiger partial charge in [0.25, 0.3) is 0 Å². The Hall–Kier alpha value is -2.03. The first kappa shape index (κ1) is 11.8. The van der Waals surface area contributed by atoms with Crippen LogP contribution in [0.15, 0.2) is 25.8 Å². The maximum atomic E-state index is 11.7. The summed E-state index contributed by atoms with van der Waals surface area (Å²) in [5, 5.41) is 2.04. The van der Waals surface area contributed by atoms with Gasteiger partial charge in [0, 0.05) is 23.4 Å². The Kier molecular flexibility index (Phi) is 2.34. The summed E-state index contributed by atoms with van der Waals surface area (Å²) in [5.74, 6) is 1.08. The summed E-state index contributed by atoms with van der Waals surface area (Å²) in [6.45, 7) is 4.01. The second-order valence-electron chi connectivity index (χ2n) is 5.73. The van der Waals surface area contributed by atoms with E-state index in [0.29, 0.717) is 5.58 Å². The molecule has 3 aromatic rings. The maximum absolute atomic E-state index is 11.7. The Morgan fingerprint density at radius 2 is 1.75 bits per heavy atom. The maximum Gasteiger partial charge on any atom is 0.336 e. The molecule has 1 aliphatic rings. The lowest BCUT2D eigenvalue weighted by Gasteiger charge is -2.09. The molecule has 0 amide bonds. The van der Waals surface area contributed by atoms with Crippen LogP contribution in [0, 0.1) is 13.8 Å². The number of rotatable bonds is 0.